The van der Waals surface area contributed by atoms with Crippen molar-refractivity contribution in [2.24, 2.45) is 0 Å². The number of rotatable bonds is 1. The van der Waals surface area contributed by atoms with Crippen LogP contribution in [0.4, 0.5) is 4.39 Å². The van der Waals surface area contributed by atoms with E-state index in [-0.39, 0.29) is 17.8 Å². The maximum absolute atomic E-state index is 13.7. The molecule has 0 aromatic heterocycles. The minimum Gasteiger partial charge on any atom is -0.392 e. The van der Waals surface area contributed by atoms with Crippen LogP contribution in [-0.4, -0.2) is 11.2 Å². The highest BCUT2D eigenvalue weighted by Gasteiger charge is 2.26. The van der Waals surface area contributed by atoms with Gasteiger partial charge in [-0.05, 0) is 30.5 Å². The fourth-order valence-electron chi connectivity index (χ4n) is 2.28. The monoisotopic (exact) mass is 272 g/mol. The quantitative estimate of drug-likeness (QED) is 0.828. The molecule has 0 amide bonds. The summed E-state index contributed by atoms with van der Waals surface area (Å²) in [6.45, 7) is 0. The van der Waals surface area contributed by atoms with Crippen LogP contribution in [0.2, 0.25) is 0 Å². The fourth-order valence-corrected chi connectivity index (χ4v) is 2.61. The van der Waals surface area contributed by atoms with E-state index in [4.69, 9.17) is 0 Å². The third-order valence-electron chi connectivity index (χ3n) is 3.09. The van der Waals surface area contributed by atoms with Gasteiger partial charge in [0.25, 0.3) is 0 Å². The van der Waals surface area contributed by atoms with Gasteiger partial charge in [0.1, 0.15) is 5.82 Å². The van der Waals surface area contributed by atoms with Crippen LogP contribution < -0.4 is 0 Å². The molecule has 3 heteroatoms. The topological polar surface area (TPSA) is 20.2 Å². The van der Waals surface area contributed by atoms with Gasteiger partial charge in [-0.3, -0.25) is 0 Å². The summed E-state index contributed by atoms with van der Waals surface area (Å²) in [5.74, 6) is -0.234. The SMILES string of the molecule is OC1CCCCC1c1ccc(Br)cc1F. The van der Waals surface area contributed by atoms with Crippen LogP contribution in [0.3, 0.4) is 0 Å². The Morgan fingerprint density at radius 3 is 2.67 bits per heavy atom. The molecule has 1 fully saturated rings. The highest BCUT2D eigenvalue weighted by Crippen LogP contribution is 2.34. The normalized spacial score (nSPS) is 26.6. The van der Waals surface area contributed by atoms with Crippen LogP contribution in [0.1, 0.15) is 37.2 Å². The zero-order valence-corrected chi connectivity index (χ0v) is 10.0. The largest absolute Gasteiger partial charge is 0.392 e. The Morgan fingerprint density at radius 2 is 2.00 bits per heavy atom. The Balaban J connectivity index is 2.27. The Labute approximate surface area is 97.4 Å². The maximum atomic E-state index is 13.7. The second-order valence-electron chi connectivity index (χ2n) is 4.12. The highest BCUT2D eigenvalue weighted by atomic mass is 79.9. The molecular formula is C12H14BrFO. The summed E-state index contributed by atoms with van der Waals surface area (Å²) < 4.78 is 14.4. The molecule has 0 spiro atoms. The van der Waals surface area contributed by atoms with E-state index in [1.54, 1.807) is 6.07 Å². The molecule has 1 aromatic carbocycles. The summed E-state index contributed by atoms with van der Waals surface area (Å²) in [5.41, 5.74) is 0.658. The van der Waals surface area contributed by atoms with Gasteiger partial charge in [0, 0.05) is 10.4 Å². The average molecular weight is 273 g/mol. The molecule has 1 aliphatic rings. The van der Waals surface area contributed by atoms with Crippen molar-refractivity contribution in [2.75, 3.05) is 0 Å². The number of hydrogen-bond acceptors (Lipinski definition) is 1. The first-order valence-corrected chi connectivity index (χ1v) is 6.11. The Hall–Kier alpha value is -0.410. The van der Waals surface area contributed by atoms with Gasteiger partial charge in [0.15, 0.2) is 0 Å². The lowest BCUT2D eigenvalue weighted by atomic mass is 9.81. The van der Waals surface area contributed by atoms with Crippen LogP contribution in [0.15, 0.2) is 22.7 Å². The molecule has 1 saturated carbocycles. The predicted octanol–water partition coefficient (Wildman–Crippen LogP) is 3.61. The second-order valence-corrected chi connectivity index (χ2v) is 5.04. The van der Waals surface area contributed by atoms with E-state index in [1.807, 2.05) is 6.07 Å². The molecule has 0 bridgehead atoms. The lowest BCUT2D eigenvalue weighted by molar-refractivity contribution is 0.104. The molecule has 0 radical (unpaired) electrons. The summed E-state index contributed by atoms with van der Waals surface area (Å²) in [5, 5.41) is 9.84. The molecule has 2 unspecified atom stereocenters. The van der Waals surface area contributed by atoms with E-state index in [0.29, 0.717) is 5.56 Å². The van der Waals surface area contributed by atoms with Crippen LogP contribution in [0.25, 0.3) is 0 Å². The molecule has 1 aromatic rings. The Kier molecular flexibility index (Phi) is 3.42. The van der Waals surface area contributed by atoms with Crippen molar-refractivity contribution in [1.82, 2.24) is 0 Å². The van der Waals surface area contributed by atoms with Crippen molar-refractivity contribution < 1.29 is 9.50 Å². The van der Waals surface area contributed by atoms with E-state index in [0.717, 1.165) is 30.2 Å². The summed E-state index contributed by atoms with van der Waals surface area (Å²) in [4.78, 5) is 0. The van der Waals surface area contributed by atoms with Crippen LogP contribution >= 0.6 is 15.9 Å². The summed E-state index contributed by atoms with van der Waals surface area (Å²) >= 11 is 3.23. The molecule has 0 aliphatic heterocycles. The zero-order chi connectivity index (χ0) is 10.8. The third kappa shape index (κ3) is 2.40. The lowest BCUT2D eigenvalue weighted by Crippen LogP contribution is -2.23. The van der Waals surface area contributed by atoms with Crippen molar-refractivity contribution in [2.45, 2.75) is 37.7 Å². The molecular weight excluding hydrogens is 259 g/mol. The molecule has 2 rings (SSSR count). The molecule has 0 saturated heterocycles. The van der Waals surface area contributed by atoms with E-state index in [1.165, 1.54) is 6.07 Å². The summed E-state index contributed by atoms with van der Waals surface area (Å²) in [6.07, 6.45) is 3.43. The van der Waals surface area contributed by atoms with Crippen molar-refractivity contribution >= 4 is 15.9 Å². The molecule has 0 heterocycles. The number of aliphatic hydroxyl groups excluding tert-OH is 1. The van der Waals surface area contributed by atoms with Crippen LogP contribution in [0.5, 0.6) is 0 Å². The molecule has 1 nitrogen and oxygen atoms in total. The number of benzene rings is 1. The predicted molar refractivity (Wildman–Crippen MR) is 61.3 cm³/mol. The van der Waals surface area contributed by atoms with Crippen molar-refractivity contribution in [3.8, 4) is 0 Å². The summed E-state index contributed by atoms with van der Waals surface area (Å²) in [7, 11) is 0. The number of hydrogen-bond donors (Lipinski definition) is 1. The fraction of sp³-hybridized carbons (Fsp3) is 0.500. The van der Waals surface area contributed by atoms with Crippen LogP contribution in [-0.2, 0) is 0 Å². The van der Waals surface area contributed by atoms with Gasteiger partial charge in [0.2, 0.25) is 0 Å². The summed E-state index contributed by atoms with van der Waals surface area (Å²) in [6, 6.07) is 5.08. The minimum atomic E-state index is -0.380. The van der Waals surface area contributed by atoms with Crippen LogP contribution in [0, 0.1) is 5.82 Å². The minimum absolute atomic E-state index is 0.0214. The van der Waals surface area contributed by atoms with E-state index >= 15 is 0 Å². The first kappa shape index (κ1) is 11.1. The molecule has 82 valence electrons. The van der Waals surface area contributed by atoms with Crippen molar-refractivity contribution in [1.29, 1.82) is 0 Å². The lowest BCUT2D eigenvalue weighted by Gasteiger charge is -2.28. The van der Waals surface area contributed by atoms with Gasteiger partial charge in [-0.25, -0.2) is 4.39 Å². The van der Waals surface area contributed by atoms with E-state index < -0.39 is 0 Å². The first-order valence-electron chi connectivity index (χ1n) is 5.31. The van der Waals surface area contributed by atoms with Gasteiger partial charge in [-0.15, -0.1) is 0 Å². The van der Waals surface area contributed by atoms with Gasteiger partial charge < -0.3 is 5.11 Å². The van der Waals surface area contributed by atoms with E-state index in [9.17, 15) is 9.50 Å². The smallest absolute Gasteiger partial charge is 0.127 e. The Morgan fingerprint density at radius 1 is 1.27 bits per heavy atom. The second kappa shape index (κ2) is 4.62. The maximum Gasteiger partial charge on any atom is 0.127 e. The molecule has 1 aliphatic carbocycles. The van der Waals surface area contributed by atoms with Crippen molar-refractivity contribution in [3.63, 3.8) is 0 Å². The van der Waals surface area contributed by atoms with Crippen molar-refractivity contribution in [3.05, 3.63) is 34.1 Å². The number of halogens is 2. The highest BCUT2D eigenvalue weighted by molar-refractivity contribution is 9.10. The zero-order valence-electron chi connectivity index (χ0n) is 8.42. The number of aliphatic hydroxyl groups is 1. The third-order valence-corrected chi connectivity index (χ3v) is 3.58. The van der Waals surface area contributed by atoms with Gasteiger partial charge in [0.05, 0.1) is 6.10 Å². The Bertz CT molecular complexity index is 353. The van der Waals surface area contributed by atoms with Gasteiger partial charge in [-0.2, -0.15) is 0 Å². The standard InChI is InChI=1S/C12H14BrFO/c13-8-5-6-9(11(14)7-8)10-3-1-2-4-12(10)15/h5-7,10,12,15H,1-4H2. The molecule has 15 heavy (non-hydrogen) atoms. The van der Waals surface area contributed by atoms with E-state index in [2.05, 4.69) is 15.9 Å². The van der Waals surface area contributed by atoms with Gasteiger partial charge >= 0.3 is 0 Å². The van der Waals surface area contributed by atoms with Gasteiger partial charge in [-0.1, -0.05) is 34.8 Å². The molecule has 1 N–H and O–H groups in total. The first-order chi connectivity index (χ1) is 7.18. The average Bonchev–Trinajstić information content (AvgIpc) is 2.20. The molecule has 2 atom stereocenters.